The average Bonchev–Trinajstić information content (AvgIpc) is 2.15. The third-order valence-corrected chi connectivity index (χ3v) is 2.40. The topological polar surface area (TPSA) is 17.1 Å². The van der Waals surface area contributed by atoms with E-state index >= 15 is 0 Å². The number of hydrogen-bond acceptors (Lipinski definition) is 1. The van der Waals surface area contributed by atoms with Crippen molar-refractivity contribution < 1.29 is 9.18 Å². The van der Waals surface area contributed by atoms with Gasteiger partial charge in [-0.3, -0.25) is 4.79 Å². The van der Waals surface area contributed by atoms with E-state index in [4.69, 9.17) is 11.6 Å². The van der Waals surface area contributed by atoms with E-state index in [2.05, 4.69) is 0 Å². The van der Waals surface area contributed by atoms with Crippen molar-refractivity contribution in [1.29, 1.82) is 0 Å². The Balaban J connectivity index is 2.78. The molecule has 0 heterocycles. The molecule has 0 aliphatic heterocycles. The van der Waals surface area contributed by atoms with Crippen LogP contribution in [0.2, 0.25) is 0 Å². The van der Waals surface area contributed by atoms with Crippen LogP contribution in [0.1, 0.15) is 31.2 Å². The molecule has 1 unspecified atom stereocenters. The van der Waals surface area contributed by atoms with Crippen LogP contribution in [0, 0.1) is 5.82 Å². The van der Waals surface area contributed by atoms with Crippen LogP contribution in [0.4, 0.5) is 4.39 Å². The Morgan fingerprint density at radius 2 is 2.00 bits per heavy atom. The molecule has 0 radical (unpaired) electrons. The van der Waals surface area contributed by atoms with Gasteiger partial charge in [0.1, 0.15) is 5.82 Å². The maximum absolute atomic E-state index is 12.6. The highest BCUT2D eigenvalue weighted by molar-refractivity contribution is 6.63. The van der Waals surface area contributed by atoms with Crippen molar-refractivity contribution in [2.24, 2.45) is 0 Å². The van der Waals surface area contributed by atoms with Crippen LogP contribution in [0.3, 0.4) is 0 Å². The molecule has 0 saturated carbocycles. The number of halogens is 2. The minimum atomic E-state index is -0.346. The fourth-order valence-electron chi connectivity index (χ4n) is 1.43. The molecule has 1 rings (SSSR count). The molecule has 0 spiro atoms. The van der Waals surface area contributed by atoms with Gasteiger partial charge in [0.05, 0.1) is 0 Å². The Labute approximate surface area is 87.9 Å². The number of carbonyl (C=O) groups is 1. The van der Waals surface area contributed by atoms with Gasteiger partial charge in [-0.25, -0.2) is 4.39 Å². The lowest BCUT2D eigenvalue weighted by Crippen LogP contribution is -2.01. The van der Waals surface area contributed by atoms with Crippen molar-refractivity contribution >= 4 is 16.8 Å². The Morgan fingerprint density at radius 3 is 2.43 bits per heavy atom. The lowest BCUT2D eigenvalue weighted by Gasteiger charge is -2.12. The normalized spacial score (nSPS) is 12.5. The standard InChI is InChI=1S/C11H12ClFO/c1-2-8(7-11(12)14)9-3-5-10(13)6-4-9/h3-6,8H,2,7H2,1H3. The predicted molar refractivity (Wildman–Crippen MR) is 54.9 cm³/mol. The Kier molecular flexibility index (Phi) is 4.08. The van der Waals surface area contributed by atoms with Gasteiger partial charge in [0.2, 0.25) is 5.24 Å². The first-order valence-electron chi connectivity index (χ1n) is 4.57. The highest BCUT2D eigenvalue weighted by Crippen LogP contribution is 2.24. The number of hydrogen-bond donors (Lipinski definition) is 0. The molecule has 1 aromatic rings. The highest BCUT2D eigenvalue weighted by atomic mass is 35.5. The monoisotopic (exact) mass is 214 g/mol. The highest BCUT2D eigenvalue weighted by Gasteiger charge is 2.12. The number of benzene rings is 1. The lowest BCUT2D eigenvalue weighted by atomic mass is 9.94. The summed E-state index contributed by atoms with van der Waals surface area (Å²) >= 11 is 5.32. The van der Waals surface area contributed by atoms with Crippen LogP contribution in [0.15, 0.2) is 24.3 Å². The van der Waals surface area contributed by atoms with Crippen molar-refractivity contribution in [3.63, 3.8) is 0 Å². The van der Waals surface area contributed by atoms with Gasteiger partial charge >= 0.3 is 0 Å². The number of rotatable bonds is 4. The van der Waals surface area contributed by atoms with E-state index in [1.807, 2.05) is 6.92 Å². The van der Waals surface area contributed by atoms with Crippen LogP contribution in [-0.2, 0) is 4.79 Å². The Hall–Kier alpha value is -0.890. The van der Waals surface area contributed by atoms with Crippen LogP contribution in [0.5, 0.6) is 0 Å². The van der Waals surface area contributed by atoms with Crippen molar-refractivity contribution in [2.45, 2.75) is 25.7 Å². The molecule has 0 aliphatic carbocycles. The summed E-state index contributed by atoms with van der Waals surface area (Å²) in [7, 11) is 0. The molecule has 1 atom stereocenters. The van der Waals surface area contributed by atoms with Crippen LogP contribution in [-0.4, -0.2) is 5.24 Å². The van der Waals surface area contributed by atoms with Crippen LogP contribution < -0.4 is 0 Å². The van der Waals surface area contributed by atoms with Gasteiger partial charge in [0.25, 0.3) is 0 Å². The molecule has 0 aliphatic rings. The van der Waals surface area contributed by atoms with Crippen molar-refractivity contribution in [2.75, 3.05) is 0 Å². The maximum atomic E-state index is 12.6. The summed E-state index contributed by atoms with van der Waals surface area (Å²) in [6.07, 6.45) is 1.13. The van der Waals surface area contributed by atoms with E-state index in [0.29, 0.717) is 6.42 Å². The summed E-state index contributed by atoms with van der Waals surface area (Å²) in [6.45, 7) is 1.98. The van der Waals surface area contributed by atoms with Crippen LogP contribution in [0.25, 0.3) is 0 Å². The van der Waals surface area contributed by atoms with E-state index in [-0.39, 0.29) is 17.0 Å². The second kappa shape index (κ2) is 5.11. The molecule has 0 aromatic heterocycles. The molecular weight excluding hydrogens is 203 g/mol. The summed E-state index contributed by atoms with van der Waals surface area (Å²) < 4.78 is 12.6. The zero-order valence-corrected chi connectivity index (χ0v) is 8.72. The molecule has 14 heavy (non-hydrogen) atoms. The first kappa shape index (κ1) is 11.2. The second-order valence-electron chi connectivity index (χ2n) is 3.22. The lowest BCUT2D eigenvalue weighted by molar-refractivity contribution is -0.112. The molecule has 3 heteroatoms. The van der Waals surface area contributed by atoms with Gasteiger partial charge < -0.3 is 0 Å². The zero-order valence-electron chi connectivity index (χ0n) is 7.97. The summed E-state index contributed by atoms with van der Waals surface area (Å²) in [5.41, 5.74) is 0.961. The smallest absolute Gasteiger partial charge is 0.222 e. The molecule has 0 saturated heterocycles. The minimum Gasteiger partial charge on any atom is -0.281 e. The van der Waals surface area contributed by atoms with Gasteiger partial charge in [-0.05, 0) is 41.6 Å². The summed E-state index contributed by atoms with van der Waals surface area (Å²) in [4.78, 5) is 10.7. The average molecular weight is 215 g/mol. The predicted octanol–water partition coefficient (Wildman–Crippen LogP) is 3.47. The van der Waals surface area contributed by atoms with E-state index in [1.165, 1.54) is 12.1 Å². The molecule has 1 nitrogen and oxygen atoms in total. The van der Waals surface area contributed by atoms with E-state index < -0.39 is 0 Å². The molecule has 0 amide bonds. The van der Waals surface area contributed by atoms with Gasteiger partial charge in [0, 0.05) is 6.42 Å². The largest absolute Gasteiger partial charge is 0.281 e. The zero-order chi connectivity index (χ0) is 10.6. The Bertz CT molecular complexity index is 308. The summed E-state index contributed by atoms with van der Waals surface area (Å²) in [5, 5.41) is -0.346. The fraction of sp³-hybridized carbons (Fsp3) is 0.364. The Morgan fingerprint density at radius 1 is 1.43 bits per heavy atom. The quantitative estimate of drug-likeness (QED) is 0.702. The first-order valence-corrected chi connectivity index (χ1v) is 4.95. The first-order chi connectivity index (χ1) is 6.63. The van der Waals surface area contributed by atoms with Gasteiger partial charge in [-0.15, -0.1) is 0 Å². The third kappa shape index (κ3) is 3.11. The molecule has 1 aromatic carbocycles. The van der Waals surface area contributed by atoms with E-state index in [0.717, 1.165) is 12.0 Å². The minimum absolute atomic E-state index is 0.0978. The maximum Gasteiger partial charge on any atom is 0.222 e. The third-order valence-electron chi connectivity index (χ3n) is 2.24. The molecular formula is C11H12ClFO. The summed E-state index contributed by atoms with van der Waals surface area (Å²) in [5.74, 6) is -0.165. The van der Waals surface area contributed by atoms with Gasteiger partial charge in [-0.2, -0.15) is 0 Å². The van der Waals surface area contributed by atoms with Gasteiger partial charge in [-0.1, -0.05) is 19.1 Å². The van der Waals surface area contributed by atoms with Gasteiger partial charge in [0.15, 0.2) is 0 Å². The van der Waals surface area contributed by atoms with Crippen molar-refractivity contribution in [1.82, 2.24) is 0 Å². The second-order valence-corrected chi connectivity index (χ2v) is 3.64. The molecule has 76 valence electrons. The molecule has 0 fully saturated rings. The fourth-order valence-corrected chi connectivity index (χ4v) is 1.61. The number of carbonyl (C=O) groups excluding carboxylic acids is 1. The van der Waals surface area contributed by atoms with E-state index in [1.54, 1.807) is 12.1 Å². The summed E-state index contributed by atoms with van der Waals surface area (Å²) in [6, 6.07) is 6.19. The van der Waals surface area contributed by atoms with E-state index in [9.17, 15) is 9.18 Å². The molecule has 0 bridgehead atoms. The van der Waals surface area contributed by atoms with Crippen molar-refractivity contribution in [3.05, 3.63) is 35.6 Å². The van der Waals surface area contributed by atoms with Crippen LogP contribution >= 0.6 is 11.6 Å². The molecule has 0 N–H and O–H groups in total. The van der Waals surface area contributed by atoms with Crippen molar-refractivity contribution in [3.8, 4) is 0 Å². The SMILES string of the molecule is CCC(CC(=O)Cl)c1ccc(F)cc1.